The Morgan fingerprint density at radius 1 is 1.32 bits per heavy atom. The van der Waals surface area contributed by atoms with Crippen molar-refractivity contribution < 1.29 is 13.7 Å². The monoisotopic (exact) mass is 301 g/mol. The van der Waals surface area contributed by atoms with Crippen molar-refractivity contribution in [2.24, 2.45) is 0 Å². The quantitative estimate of drug-likeness (QED) is 0.694. The molecule has 1 N–H and O–H groups in total. The van der Waals surface area contributed by atoms with Crippen molar-refractivity contribution in [1.82, 2.24) is 15.0 Å². The van der Waals surface area contributed by atoms with Crippen LogP contribution in [0.2, 0.25) is 0 Å². The maximum atomic E-state index is 11.9. The largest absolute Gasteiger partial charge is 0.420 e. The van der Waals surface area contributed by atoms with Crippen molar-refractivity contribution in [3.8, 4) is 0 Å². The highest BCUT2D eigenvalue weighted by Gasteiger charge is 2.11. The number of benzene rings is 1. The van der Waals surface area contributed by atoms with E-state index in [4.69, 9.17) is 8.94 Å². The Balaban J connectivity index is 1.55. The van der Waals surface area contributed by atoms with Crippen molar-refractivity contribution in [1.29, 1.82) is 0 Å². The van der Waals surface area contributed by atoms with Crippen LogP contribution in [0.3, 0.4) is 0 Å². The first kappa shape index (κ1) is 14.1. The first-order chi connectivity index (χ1) is 10.7. The number of para-hydroxylation sites is 2. The number of carbonyl (C=O) groups is 1. The molecule has 1 aromatic carbocycles. The third-order valence-electron chi connectivity index (χ3n) is 3.32. The molecule has 0 saturated heterocycles. The van der Waals surface area contributed by atoms with Crippen LogP contribution in [-0.2, 0) is 17.8 Å². The number of hydrogen-bond donors (Lipinski definition) is 1. The van der Waals surface area contributed by atoms with Gasteiger partial charge in [0.25, 0.3) is 0 Å². The van der Waals surface area contributed by atoms with Crippen molar-refractivity contribution in [3.63, 3.8) is 0 Å². The van der Waals surface area contributed by atoms with E-state index < -0.39 is 5.76 Å². The van der Waals surface area contributed by atoms with E-state index in [0.717, 1.165) is 18.4 Å². The van der Waals surface area contributed by atoms with Gasteiger partial charge in [0.05, 0.1) is 11.7 Å². The van der Waals surface area contributed by atoms with Crippen LogP contribution < -0.4 is 11.1 Å². The Bertz CT molecular complexity index is 817. The number of fused-ring (bicyclic) bond motifs is 1. The van der Waals surface area contributed by atoms with Crippen LogP contribution in [0.25, 0.3) is 11.1 Å². The van der Waals surface area contributed by atoms with E-state index in [-0.39, 0.29) is 12.5 Å². The zero-order valence-corrected chi connectivity index (χ0v) is 11.8. The Labute approximate surface area is 125 Å². The average molecular weight is 301 g/mol. The second-order valence-electron chi connectivity index (χ2n) is 4.91. The van der Waals surface area contributed by atoms with Gasteiger partial charge >= 0.3 is 5.76 Å². The third kappa shape index (κ3) is 3.08. The molecule has 0 atom stereocenters. The summed E-state index contributed by atoms with van der Waals surface area (Å²) in [5, 5.41) is 6.40. The van der Waals surface area contributed by atoms with Gasteiger partial charge in [-0.3, -0.25) is 9.36 Å². The van der Waals surface area contributed by atoms with Crippen molar-refractivity contribution in [2.45, 2.75) is 19.4 Å². The number of oxazole rings is 1. The van der Waals surface area contributed by atoms with Gasteiger partial charge in [0.1, 0.15) is 12.8 Å². The molecule has 7 nitrogen and oxygen atoms in total. The van der Waals surface area contributed by atoms with Crippen molar-refractivity contribution in [3.05, 3.63) is 52.8 Å². The van der Waals surface area contributed by atoms with Crippen LogP contribution in [0, 0.1) is 0 Å². The van der Waals surface area contributed by atoms with Gasteiger partial charge in [0.2, 0.25) is 5.91 Å². The Hall–Kier alpha value is -2.83. The Kier molecular flexibility index (Phi) is 4.04. The molecule has 114 valence electrons. The van der Waals surface area contributed by atoms with Crippen LogP contribution in [0.1, 0.15) is 12.0 Å². The van der Waals surface area contributed by atoms with Crippen LogP contribution in [0.4, 0.5) is 0 Å². The molecule has 0 fully saturated rings. The molecule has 0 aliphatic heterocycles. The SMILES string of the molecule is O=C(Cn1c(=O)oc2ccccc21)NCCCc1cnoc1. The fraction of sp³-hybridized carbons (Fsp3) is 0.267. The molecule has 7 heteroatoms. The molecule has 2 heterocycles. The highest BCUT2D eigenvalue weighted by Crippen LogP contribution is 2.11. The van der Waals surface area contributed by atoms with E-state index in [0.29, 0.717) is 17.6 Å². The number of aromatic nitrogens is 2. The summed E-state index contributed by atoms with van der Waals surface area (Å²) in [4.78, 5) is 23.7. The summed E-state index contributed by atoms with van der Waals surface area (Å²) >= 11 is 0. The Morgan fingerprint density at radius 2 is 2.18 bits per heavy atom. The van der Waals surface area contributed by atoms with Crippen LogP contribution in [0.15, 0.2) is 50.5 Å². The van der Waals surface area contributed by atoms with E-state index >= 15 is 0 Å². The minimum absolute atomic E-state index is 0.0525. The second kappa shape index (κ2) is 6.30. The summed E-state index contributed by atoms with van der Waals surface area (Å²) in [7, 11) is 0. The predicted molar refractivity (Wildman–Crippen MR) is 78.3 cm³/mol. The van der Waals surface area contributed by atoms with E-state index in [1.54, 1.807) is 36.7 Å². The molecule has 0 unspecified atom stereocenters. The third-order valence-corrected chi connectivity index (χ3v) is 3.32. The number of amides is 1. The molecule has 0 aliphatic carbocycles. The number of carbonyl (C=O) groups excluding carboxylic acids is 1. The smallest absolute Gasteiger partial charge is 0.408 e. The van der Waals surface area contributed by atoms with Gasteiger partial charge in [-0.1, -0.05) is 17.3 Å². The molecule has 3 rings (SSSR count). The molecular weight excluding hydrogens is 286 g/mol. The van der Waals surface area contributed by atoms with E-state index in [9.17, 15) is 9.59 Å². The highest BCUT2D eigenvalue weighted by atomic mass is 16.5. The minimum atomic E-state index is -0.527. The number of nitrogens with zero attached hydrogens (tertiary/aromatic N) is 2. The molecule has 0 saturated carbocycles. The molecule has 1 amide bonds. The molecule has 22 heavy (non-hydrogen) atoms. The van der Waals surface area contributed by atoms with Crippen LogP contribution >= 0.6 is 0 Å². The number of aryl methyl sites for hydroxylation is 1. The summed E-state index contributed by atoms with van der Waals surface area (Å²) in [6.07, 6.45) is 4.78. The first-order valence-electron chi connectivity index (χ1n) is 6.97. The van der Waals surface area contributed by atoms with E-state index in [2.05, 4.69) is 10.5 Å². The molecule has 2 aromatic heterocycles. The van der Waals surface area contributed by atoms with E-state index in [1.807, 2.05) is 0 Å². The number of rotatable bonds is 6. The number of nitrogens with one attached hydrogen (secondary N) is 1. The minimum Gasteiger partial charge on any atom is -0.408 e. The molecule has 0 spiro atoms. The normalized spacial score (nSPS) is 10.9. The van der Waals surface area contributed by atoms with Gasteiger partial charge in [0.15, 0.2) is 5.58 Å². The van der Waals surface area contributed by atoms with Gasteiger partial charge < -0.3 is 14.3 Å². The van der Waals surface area contributed by atoms with Gasteiger partial charge in [-0.25, -0.2) is 4.79 Å². The lowest BCUT2D eigenvalue weighted by atomic mass is 10.2. The molecule has 0 aliphatic rings. The van der Waals surface area contributed by atoms with Gasteiger partial charge in [0, 0.05) is 12.1 Å². The summed E-state index contributed by atoms with van der Waals surface area (Å²) in [5.41, 5.74) is 2.09. The molecule has 0 radical (unpaired) electrons. The lowest BCUT2D eigenvalue weighted by molar-refractivity contribution is -0.121. The van der Waals surface area contributed by atoms with E-state index in [1.165, 1.54) is 4.57 Å². The van der Waals surface area contributed by atoms with Crippen LogP contribution in [-0.4, -0.2) is 22.2 Å². The highest BCUT2D eigenvalue weighted by molar-refractivity contribution is 5.79. The maximum Gasteiger partial charge on any atom is 0.420 e. The Morgan fingerprint density at radius 3 is 3.00 bits per heavy atom. The average Bonchev–Trinajstić information content (AvgIpc) is 3.13. The summed E-state index contributed by atoms with van der Waals surface area (Å²) in [6.45, 7) is 0.470. The van der Waals surface area contributed by atoms with Crippen LogP contribution in [0.5, 0.6) is 0 Å². The zero-order valence-electron chi connectivity index (χ0n) is 11.8. The van der Waals surface area contributed by atoms with Gasteiger partial charge in [-0.2, -0.15) is 0 Å². The molecule has 3 aromatic rings. The first-order valence-corrected chi connectivity index (χ1v) is 6.97. The molecular formula is C15H15N3O4. The lowest BCUT2D eigenvalue weighted by Crippen LogP contribution is -2.31. The topological polar surface area (TPSA) is 90.3 Å². The maximum absolute atomic E-state index is 11.9. The van der Waals surface area contributed by atoms with Crippen molar-refractivity contribution >= 4 is 17.0 Å². The van der Waals surface area contributed by atoms with Gasteiger partial charge in [-0.05, 0) is 25.0 Å². The fourth-order valence-corrected chi connectivity index (χ4v) is 2.23. The molecule has 0 bridgehead atoms. The van der Waals surface area contributed by atoms with Crippen molar-refractivity contribution in [2.75, 3.05) is 6.54 Å². The number of hydrogen-bond acceptors (Lipinski definition) is 5. The fourth-order valence-electron chi connectivity index (χ4n) is 2.23. The second-order valence-corrected chi connectivity index (χ2v) is 4.91. The summed E-state index contributed by atoms with van der Waals surface area (Å²) in [5.74, 6) is -0.750. The van der Waals surface area contributed by atoms with Gasteiger partial charge in [-0.15, -0.1) is 0 Å². The zero-order chi connectivity index (χ0) is 15.4. The summed E-state index contributed by atoms with van der Waals surface area (Å²) < 4.78 is 11.1. The summed E-state index contributed by atoms with van der Waals surface area (Å²) in [6, 6.07) is 7.02. The lowest BCUT2D eigenvalue weighted by Gasteiger charge is -2.05. The predicted octanol–water partition coefficient (Wildman–Crippen LogP) is 1.33. The standard InChI is InChI=1S/C15H15N3O4/c19-14(16-7-3-4-11-8-17-21-10-11)9-18-12-5-1-2-6-13(12)22-15(18)20/h1-2,5-6,8,10H,3-4,7,9H2,(H,16,19).